The fourth-order valence-corrected chi connectivity index (χ4v) is 3.28. The third-order valence-corrected chi connectivity index (χ3v) is 5.07. The Morgan fingerprint density at radius 2 is 1.55 bits per heavy atom. The van der Waals surface area contributed by atoms with E-state index in [0.717, 1.165) is 33.4 Å². The van der Waals surface area contributed by atoms with Gasteiger partial charge in [0, 0.05) is 29.1 Å². The Labute approximate surface area is 177 Å². The molecule has 0 N–H and O–H groups in total. The van der Waals surface area contributed by atoms with Crippen molar-refractivity contribution in [3.63, 3.8) is 0 Å². The van der Waals surface area contributed by atoms with Crippen LogP contribution < -0.4 is 0 Å². The SMILES string of the molecule is Cc1cc(-c2cccc(C(C)(C)c3cccc(-n4ccc(C(F)(F)F)n4)n3)n2)ccn1. The highest BCUT2D eigenvalue weighted by Crippen LogP contribution is 2.31. The van der Waals surface area contributed by atoms with Gasteiger partial charge in [-0.1, -0.05) is 12.1 Å². The molecule has 0 bridgehead atoms. The molecule has 0 fully saturated rings. The molecule has 0 atom stereocenters. The molecule has 0 amide bonds. The molecule has 4 heterocycles. The van der Waals surface area contributed by atoms with Crippen molar-refractivity contribution in [2.45, 2.75) is 32.4 Å². The molecule has 31 heavy (non-hydrogen) atoms. The Balaban J connectivity index is 1.71. The van der Waals surface area contributed by atoms with Crippen LogP contribution in [0.4, 0.5) is 13.2 Å². The van der Waals surface area contributed by atoms with E-state index in [1.165, 1.54) is 6.20 Å². The summed E-state index contributed by atoms with van der Waals surface area (Å²) in [6.45, 7) is 5.88. The topological polar surface area (TPSA) is 56.5 Å². The maximum absolute atomic E-state index is 12.9. The highest BCUT2D eigenvalue weighted by molar-refractivity contribution is 5.59. The van der Waals surface area contributed by atoms with E-state index in [9.17, 15) is 13.2 Å². The quantitative estimate of drug-likeness (QED) is 0.442. The predicted octanol–water partition coefficient (Wildman–Crippen LogP) is 5.38. The normalized spacial score (nSPS) is 12.2. The average molecular weight is 423 g/mol. The van der Waals surface area contributed by atoms with E-state index in [2.05, 4.69) is 15.1 Å². The van der Waals surface area contributed by atoms with Gasteiger partial charge >= 0.3 is 6.18 Å². The van der Waals surface area contributed by atoms with E-state index in [-0.39, 0.29) is 0 Å². The van der Waals surface area contributed by atoms with Crippen LogP contribution >= 0.6 is 0 Å². The molecule has 0 aliphatic heterocycles. The number of aryl methyl sites for hydroxylation is 1. The van der Waals surface area contributed by atoms with Crippen LogP contribution in [-0.4, -0.2) is 24.7 Å². The first-order valence-corrected chi connectivity index (χ1v) is 9.66. The molecular formula is C23H20F3N5. The summed E-state index contributed by atoms with van der Waals surface area (Å²) < 4.78 is 39.8. The summed E-state index contributed by atoms with van der Waals surface area (Å²) in [7, 11) is 0. The molecule has 0 aliphatic carbocycles. The average Bonchev–Trinajstić information content (AvgIpc) is 3.25. The number of aromatic nitrogens is 5. The second kappa shape index (κ2) is 7.61. The molecule has 5 nitrogen and oxygen atoms in total. The lowest BCUT2D eigenvalue weighted by Gasteiger charge is -2.24. The summed E-state index contributed by atoms with van der Waals surface area (Å²) in [5.41, 5.74) is 2.59. The smallest absolute Gasteiger partial charge is 0.262 e. The first kappa shape index (κ1) is 20.7. The van der Waals surface area contributed by atoms with Crippen molar-refractivity contribution in [2.75, 3.05) is 0 Å². The lowest BCUT2D eigenvalue weighted by molar-refractivity contribution is -0.141. The Kier molecular flexibility index (Phi) is 5.08. The Bertz CT molecular complexity index is 1230. The monoisotopic (exact) mass is 423 g/mol. The standard InChI is InChI=1S/C23H20F3N5/c1-15-14-16(10-12-27-15)17-6-4-7-18(28-17)22(2,3)19-8-5-9-21(29-19)31-13-11-20(30-31)23(24,25)26/h4-14H,1-3H3. The summed E-state index contributed by atoms with van der Waals surface area (Å²) in [4.78, 5) is 13.6. The largest absolute Gasteiger partial charge is 0.435 e. The van der Waals surface area contributed by atoms with Crippen LogP contribution in [0.3, 0.4) is 0 Å². The summed E-state index contributed by atoms with van der Waals surface area (Å²) >= 11 is 0. The van der Waals surface area contributed by atoms with E-state index in [0.29, 0.717) is 11.5 Å². The molecule has 4 aromatic rings. The number of hydrogen-bond acceptors (Lipinski definition) is 4. The molecule has 8 heteroatoms. The molecule has 0 saturated carbocycles. The number of alkyl halides is 3. The molecule has 0 saturated heterocycles. The van der Waals surface area contributed by atoms with Crippen molar-refractivity contribution < 1.29 is 13.2 Å². The van der Waals surface area contributed by atoms with E-state index in [4.69, 9.17) is 4.98 Å². The van der Waals surface area contributed by atoms with Crippen molar-refractivity contribution in [3.8, 4) is 17.1 Å². The van der Waals surface area contributed by atoms with Crippen molar-refractivity contribution in [1.82, 2.24) is 24.7 Å². The molecule has 158 valence electrons. The van der Waals surface area contributed by atoms with Crippen LogP contribution in [0.2, 0.25) is 0 Å². The van der Waals surface area contributed by atoms with Gasteiger partial charge in [0.1, 0.15) is 0 Å². The van der Waals surface area contributed by atoms with Gasteiger partial charge in [0.2, 0.25) is 0 Å². The zero-order valence-corrected chi connectivity index (χ0v) is 17.2. The van der Waals surface area contributed by atoms with Crippen molar-refractivity contribution >= 4 is 0 Å². The Hall–Kier alpha value is -3.55. The van der Waals surface area contributed by atoms with Crippen LogP contribution in [-0.2, 0) is 11.6 Å². The minimum absolute atomic E-state index is 0.307. The van der Waals surface area contributed by atoms with E-state index in [1.54, 1.807) is 18.3 Å². The van der Waals surface area contributed by atoms with Gasteiger partial charge in [0.15, 0.2) is 11.5 Å². The van der Waals surface area contributed by atoms with Crippen LogP contribution in [0, 0.1) is 6.92 Å². The number of pyridine rings is 3. The summed E-state index contributed by atoms with van der Waals surface area (Å²) in [6.07, 6.45) is -1.50. The van der Waals surface area contributed by atoms with Gasteiger partial charge in [-0.2, -0.15) is 18.3 Å². The lowest BCUT2D eigenvalue weighted by atomic mass is 9.84. The summed E-state index contributed by atoms with van der Waals surface area (Å²) in [5, 5.41) is 3.62. The predicted molar refractivity (Wildman–Crippen MR) is 111 cm³/mol. The molecule has 0 spiro atoms. The highest BCUT2D eigenvalue weighted by Gasteiger charge is 2.34. The van der Waals surface area contributed by atoms with Gasteiger partial charge < -0.3 is 0 Å². The third-order valence-electron chi connectivity index (χ3n) is 5.07. The molecule has 4 rings (SSSR count). The minimum Gasteiger partial charge on any atom is -0.262 e. The lowest BCUT2D eigenvalue weighted by Crippen LogP contribution is -2.23. The molecular weight excluding hydrogens is 403 g/mol. The van der Waals surface area contributed by atoms with Crippen molar-refractivity contribution in [1.29, 1.82) is 0 Å². The van der Waals surface area contributed by atoms with Crippen LogP contribution in [0.1, 0.15) is 36.6 Å². The maximum atomic E-state index is 12.9. The van der Waals surface area contributed by atoms with Crippen molar-refractivity contribution in [2.24, 2.45) is 0 Å². The Morgan fingerprint density at radius 1 is 0.839 bits per heavy atom. The summed E-state index contributed by atoms with van der Waals surface area (Å²) in [6, 6.07) is 15.8. The van der Waals surface area contributed by atoms with Gasteiger partial charge in [0.25, 0.3) is 0 Å². The zero-order chi connectivity index (χ0) is 22.2. The van der Waals surface area contributed by atoms with Crippen LogP contribution in [0.25, 0.3) is 17.1 Å². The van der Waals surface area contributed by atoms with E-state index in [1.807, 2.05) is 57.2 Å². The fraction of sp³-hybridized carbons (Fsp3) is 0.217. The van der Waals surface area contributed by atoms with Gasteiger partial charge in [-0.15, -0.1) is 0 Å². The summed E-state index contributed by atoms with van der Waals surface area (Å²) in [5.74, 6) is 0.307. The third kappa shape index (κ3) is 4.19. The first-order chi connectivity index (χ1) is 14.6. The first-order valence-electron chi connectivity index (χ1n) is 9.66. The molecule has 0 radical (unpaired) electrons. The van der Waals surface area contributed by atoms with Crippen molar-refractivity contribution in [3.05, 3.63) is 89.8 Å². The highest BCUT2D eigenvalue weighted by atomic mass is 19.4. The maximum Gasteiger partial charge on any atom is 0.435 e. The number of hydrogen-bond donors (Lipinski definition) is 0. The fourth-order valence-electron chi connectivity index (χ4n) is 3.28. The van der Waals surface area contributed by atoms with Crippen LogP contribution in [0.15, 0.2) is 67.0 Å². The van der Waals surface area contributed by atoms with Crippen LogP contribution in [0.5, 0.6) is 0 Å². The number of rotatable bonds is 4. The van der Waals surface area contributed by atoms with E-state index >= 15 is 0 Å². The molecule has 0 aliphatic rings. The van der Waals surface area contributed by atoms with E-state index < -0.39 is 17.3 Å². The number of halogens is 3. The van der Waals surface area contributed by atoms with Gasteiger partial charge in [0.05, 0.1) is 17.1 Å². The molecule has 0 unspecified atom stereocenters. The van der Waals surface area contributed by atoms with Gasteiger partial charge in [-0.25, -0.2) is 9.67 Å². The molecule has 0 aromatic carbocycles. The minimum atomic E-state index is -4.50. The van der Waals surface area contributed by atoms with Gasteiger partial charge in [-0.3, -0.25) is 9.97 Å². The van der Waals surface area contributed by atoms with Gasteiger partial charge in [-0.05, 0) is 63.2 Å². The Morgan fingerprint density at radius 3 is 2.23 bits per heavy atom. The second-order valence-electron chi connectivity index (χ2n) is 7.74. The second-order valence-corrected chi connectivity index (χ2v) is 7.74. The molecule has 4 aromatic heterocycles. The number of nitrogens with zero attached hydrogens (tertiary/aromatic N) is 5. The zero-order valence-electron chi connectivity index (χ0n) is 17.2.